The summed E-state index contributed by atoms with van der Waals surface area (Å²) in [6.45, 7) is 0. The van der Waals surface area contributed by atoms with Gasteiger partial charge >= 0.3 is 11.9 Å². The second kappa shape index (κ2) is 6.87. The van der Waals surface area contributed by atoms with Crippen LogP contribution in [0.4, 0.5) is 0 Å². The van der Waals surface area contributed by atoms with Crippen molar-refractivity contribution in [1.29, 1.82) is 0 Å². The van der Waals surface area contributed by atoms with E-state index < -0.39 is 11.9 Å². The van der Waals surface area contributed by atoms with E-state index in [4.69, 9.17) is 10.2 Å². The Morgan fingerprint density at radius 2 is 1.25 bits per heavy atom. The van der Waals surface area contributed by atoms with E-state index in [-0.39, 0.29) is 11.5 Å². The number of rotatable bonds is 4. The average Bonchev–Trinajstić information content (AvgIpc) is 2.62. The standard InChI is InChI=1S/C20H20O4/c21-19(22)17-9-5-15(6-10-17)13-1-2-14(4-3-13)16-7-11-18(12-8-16)20(23)24/h1-6,9-10,16,18H,7-8,11-12H2,(H,21,22)(H,23,24). The third-order valence-electron chi connectivity index (χ3n) is 4.92. The van der Waals surface area contributed by atoms with E-state index in [1.54, 1.807) is 12.1 Å². The highest BCUT2D eigenvalue weighted by Crippen LogP contribution is 2.36. The molecule has 1 fully saturated rings. The minimum atomic E-state index is -0.922. The monoisotopic (exact) mass is 324 g/mol. The van der Waals surface area contributed by atoms with Gasteiger partial charge in [-0.05, 0) is 60.4 Å². The molecular formula is C20H20O4. The van der Waals surface area contributed by atoms with Crippen molar-refractivity contribution >= 4 is 11.9 Å². The molecule has 2 N–H and O–H groups in total. The van der Waals surface area contributed by atoms with E-state index >= 15 is 0 Å². The lowest BCUT2D eigenvalue weighted by Gasteiger charge is -2.26. The van der Waals surface area contributed by atoms with E-state index in [0.717, 1.165) is 36.8 Å². The van der Waals surface area contributed by atoms with Crippen LogP contribution in [-0.2, 0) is 4.79 Å². The Balaban J connectivity index is 1.69. The second-order valence-electron chi connectivity index (χ2n) is 6.39. The molecule has 4 nitrogen and oxygen atoms in total. The molecule has 3 rings (SSSR count). The molecule has 2 aromatic rings. The van der Waals surface area contributed by atoms with Crippen LogP contribution in [0.5, 0.6) is 0 Å². The molecule has 1 aliphatic carbocycles. The Bertz CT molecular complexity index is 723. The average molecular weight is 324 g/mol. The fourth-order valence-electron chi connectivity index (χ4n) is 3.43. The van der Waals surface area contributed by atoms with Crippen molar-refractivity contribution in [2.75, 3.05) is 0 Å². The van der Waals surface area contributed by atoms with E-state index in [0.29, 0.717) is 5.92 Å². The summed E-state index contributed by atoms with van der Waals surface area (Å²) in [5, 5.41) is 18.0. The normalized spacial score (nSPS) is 20.5. The van der Waals surface area contributed by atoms with Gasteiger partial charge in [0.15, 0.2) is 0 Å². The number of hydrogen-bond donors (Lipinski definition) is 2. The largest absolute Gasteiger partial charge is 0.481 e. The summed E-state index contributed by atoms with van der Waals surface area (Å²) in [4.78, 5) is 21.9. The van der Waals surface area contributed by atoms with Crippen LogP contribution in [-0.4, -0.2) is 22.2 Å². The van der Waals surface area contributed by atoms with E-state index in [1.165, 1.54) is 5.56 Å². The highest BCUT2D eigenvalue weighted by molar-refractivity contribution is 5.88. The molecule has 0 radical (unpaired) electrons. The van der Waals surface area contributed by atoms with Crippen LogP contribution < -0.4 is 0 Å². The zero-order valence-corrected chi connectivity index (χ0v) is 13.3. The first kappa shape index (κ1) is 16.2. The maximum Gasteiger partial charge on any atom is 0.335 e. The van der Waals surface area contributed by atoms with Crippen molar-refractivity contribution in [1.82, 2.24) is 0 Å². The van der Waals surface area contributed by atoms with Crippen LogP contribution in [0.3, 0.4) is 0 Å². The maximum absolute atomic E-state index is 11.0. The second-order valence-corrected chi connectivity index (χ2v) is 6.39. The van der Waals surface area contributed by atoms with Gasteiger partial charge in [0.25, 0.3) is 0 Å². The molecule has 124 valence electrons. The minimum Gasteiger partial charge on any atom is -0.481 e. The number of aliphatic carboxylic acids is 1. The van der Waals surface area contributed by atoms with Gasteiger partial charge in [-0.3, -0.25) is 4.79 Å². The number of benzene rings is 2. The predicted octanol–water partition coefficient (Wildman–Crippen LogP) is 4.41. The summed E-state index contributed by atoms with van der Waals surface area (Å²) in [6, 6.07) is 15.2. The molecule has 0 aliphatic heterocycles. The van der Waals surface area contributed by atoms with Crippen LogP contribution in [0.1, 0.15) is 47.5 Å². The molecule has 0 aromatic heterocycles. The molecule has 0 spiro atoms. The molecule has 0 unspecified atom stereocenters. The zero-order valence-electron chi connectivity index (χ0n) is 13.3. The summed E-state index contributed by atoms with van der Waals surface area (Å²) in [5.41, 5.74) is 3.58. The molecule has 4 heteroatoms. The van der Waals surface area contributed by atoms with Crippen LogP contribution in [0.25, 0.3) is 11.1 Å². The Kier molecular flexibility index (Phi) is 4.65. The van der Waals surface area contributed by atoms with Gasteiger partial charge in [0, 0.05) is 0 Å². The summed E-state index contributed by atoms with van der Waals surface area (Å²) >= 11 is 0. The van der Waals surface area contributed by atoms with Crippen molar-refractivity contribution in [2.24, 2.45) is 5.92 Å². The zero-order chi connectivity index (χ0) is 17.1. The minimum absolute atomic E-state index is 0.187. The van der Waals surface area contributed by atoms with E-state index in [9.17, 15) is 9.59 Å². The Labute approximate surface area is 140 Å². The fraction of sp³-hybridized carbons (Fsp3) is 0.300. The predicted molar refractivity (Wildman–Crippen MR) is 91.2 cm³/mol. The molecule has 24 heavy (non-hydrogen) atoms. The van der Waals surface area contributed by atoms with Crippen LogP contribution >= 0.6 is 0 Å². The molecule has 1 aliphatic rings. The number of aromatic carboxylic acids is 1. The molecular weight excluding hydrogens is 304 g/mol. The Morgan fingerprint density at radius 3 is 1.71 bits per heavy atom. The van der Waals surface area contributed by atoms with E-state index in [1.807, 2.05) is 24.3 Å². The quantitative estimate of drug-likeness (QED) is 0.873. The van der Waals surface area contributed by atoms with Gasteiger partial charge in [-0.15, -0.1) is 0 Å². The molecule has 0 saturated heterocycles. The van der Waals surface area contributed by atoms with Crippen molar-refractivity contribution in [2.45, 2.75) is 31.6 Å². The molecule has 1 saturated carbocycles. The highest BCUT2D eigenvalue weighted by atomic mass is 16.4. The van der Waals surface area contributed by atoms with Crippen LogP contribution in [0, 0.1) is 5.92 Å². The first-order valence-electron chi connectivity index (χ1n) is 8.21. The smallest absolute Gasteiger partial charge is 0.335 e. The topological polar surface area (TPSA) is 74.6 Å². The van der Waals surface area contributed by atoms with Crippen molar-refractivity contribution in [3.05, 3.63) is 59.7 Å². The molecule has 0 bridgehead atoms. The van der Waals surface area contributed by atoms with Gasteiger partial charge in [-0.2, -0.15) is 0 Å². The number of carbonyl (C=O) groups is 2. The first-order chi connectivity index (χ1) is 11.5. The molecule has 0 heterocycles. The Morgan fingerprint density at radius 1 is 0.750 bits per heavy atom. The number of carboxylic acid groups (broad SMARTS) is 2. The molecule has 0 amide bonds. The maximum atomic E-state index is 11.0. The van der Waals surface area contributed by atoms with Crippen molar-refractivity contribution in [3.63, 3.8) is 0 Å². The Hall–Kier alpha value is -2.62. The summed E-state index contributed by atoms with van der Waals surface area (Å²) in [6.07, 6.45) is 3.34. The summed E-state index contributed by atoms with van der Waals surface area (Å²) < 4.78 is 0. The number of hydrogen-bond acceptors (Lipinski definition) is 2. The van der Waals surface area contributed by atoms with Gasteiger partial charge in [-0.1, -0.05) is 36.4 Å². The van der Waals surface area contributed by atoms with Crippen LogP contribution in [0.2, 0.25) is 0 Å². The summed E-state index contributed by atoms with van der Waals surface area (Å²) in [7, 11) is 0. The van der Waals surface area contributed by atoms with Crippen LogP contribution in [0.15, 0.2) is 48.5 Å². The lowest BCUT2D eigenvalue weighted by Crippen LogP contribution is -2.20. The van der Waals surface area contributed by atoms with Gasteiger partial charge in [0.1, 0.15) is 0 Å². The van der Waals surface area contributed by atoms with Gasteiger partial charge < -0.3 is 10.2 Å². The lowest BCUT2D eigenvalue weighted by molar-refractivity contribution is -0.142. The highest BCUT2D eigenvalue weighted by Gasteiger charge is 2.26. The first-order valence-corrected chi connectivity index (χ1v) is 8.21. The molecule has 2 aromatic carbocycles. The van der Waals surface area contributed by atoms with Gasteiger partial charge in [-0.25, -0.2) is 4.79 Å². The van der Waals surface area contributed by atoms with Crippen molar-refractivity contribution < 1.29 is 19.8 Å². The third-order valence-corrected chi connectivity index (χ3v) is 4.92. The fourth-order valence-corrected chi connectivity index (χ4v) is 3.43. The van der Waals surface area contributed by atoms with E-state index in [2.05, 4.69) is 12.1 Å². The van der Waals surface area contributed by atoms with Crippen molar-refractivity contribution in [3.8, 4) is 11.1 Å². The van der Waals surface area contributed by atoms with Gasteiger partial charge in [0.05, 0.1) is 11.5 Å². The molecule has 0 atom stereocenters. The summed E-state index contributed by atoms with van der Waals surface area (Å²) in [5.74, 6) is -1.35. The third kappa shape index (κ3) is 3.48. The SMILES string of the molecule is O=C(O)c1ccc(-c2ccc(C3CCC(C(=O)O)CC3)cc2)cc1. The number of carboxylic acids is 2. The lowest BCUT2D eigenvalue weighted by atomic mass is 9.78. The van der Waals surface area contributed by atoms with Gasteiger partial charge in [0.2, 0.25) is 0 Å².